The molecule has 0 aliphatic carbocycles. The highest BCUT2D eigenvalue weighted by Gasteiger charge is 2.29. The minimum absolute atomic E-state index is 0.00833. The highest BCUT2D eigenvalue weighted by atomic mass is 32.2. The number of ether oxygens (including phenoxy) is 1. The Morgan fingerprint density at radius 2 is 1.93 bits per heavy atom. The molecule has 0 bridgehead atoms. The van der Waals surface area contributed by atoms with E-state index in [1.165, 1.54) is 12.1 Å². The fourth-order valence-electron chi connectivity index (χ4n) is 3.24. The van der Waals surface area contributed by atoms with Crippen molar-refractivity contribution in [2.75, 3.05) is 12.4 Å². The molecule has 152 valence electrons. The fraction of sp³-hybridized carbons (Fsp3) is 0.500. The highest BCUT2D eigenvalue weighted by molar-refractivity contribution is 8.00. The summed E-state index contributed by atoms with van der Waals surface area (Å²) in [7, 11) is 0. The summed E-state index contributed by atoms with van der Waals surface area (Å²) < 4.78 is 5.04. The molecule has 0 aromatic heterocycles. The maximum atomic E-state index is 12.4. The highest BCUT2D eigenvalue weighted by Crippen LogP contribution is 2.30. The van der Waals surface area contributed by atoms with Crippen LogP contribution in [0.4, 0.5) is 5.69 Å². The summed E-state index contributed by atoms with van der Waals surface area (Å²) in [5.41, 5.74) is 4.82. The lowest BCUT2D eigenvalue weighted by Gasteiger charge is -2.38. The number of thioether (sulfide) groups is 1. The number of nitrogens with zero attached hydrogens (tertiary/aromatic N) is 2. The summed E-state index contributed by atoms with van der Waals surface area (Å²) in [6.45, 7) is 3.59. The molecule has 1 heterocycles. The van der Waals surface area contributed by atoms with Gasteiger partial charge in [-0.1, -0.05) is 0 Å². The van der Waals surface area contributed by atoms with Crippen molar-refractivity contribution in [3.63, 3.8) is 0 Å². The molecule has 0 saturated carbocycles. The Balaban J connectivity index is 1.91. The number of carbonyl (C=O) groups excluding carboxylic acids is 3. The number of nitro groups is 1. The third kappa shape index (κ3) is 5.44. The third-order valence-corrected chi connectivity index (χ3v) is 5.66. The number of rotatable bonds is 7. The van der Waals surface area contributed by atoms with Gasteiger partial charge in [-0.25, -0.2) is 0 Å². The van der Waals surface area contributed by atoms with Crippen LogP contribution in [0.2, 0.25) is 0 Å². The van der Waals surface area contributed by atoms with Gasteiger partial charge in [0, 0.05) is 23.7 Å². The first-order valence-corrected chi connectivity index (χ1v) is 9.87. The number of hydrogen-bond donors (Lipinski definition) is 1. The molecule has 2 N–H and O–H groups in total. The van der Waals surface area contributed by atoms with Crippen molar-refractivity contribution in [1.82, 2.24) is 4.90 Å². The van der Waals surface area contributed by atoms with E-state index in [1.54, 1.807) is 4.90 Å². The SMILES string of the molecule is C[C@@H]1CCC[C@@H](C)N1C(=O)COC(=O)CSc1ccc(C(N)=O)cc1[N+](=O)[O-]. The maximum Gasteiger partial charge on any atom is 0.316 e. The van der Waals surface area contributed by atoms with Gasteiger partial charge in [0.1, 0.15) is 0 Å². The van der Waals surface area contributed by atoms with E-state index in [0.29, 0.717) is 0 Å². The van der Waals surface area contributed by atoms with Gasteiger partial charge >= 0.3 is 5.97 Å². The van der Waals surface area contributed by atoms with E-state index < -0.39 is 16.8 Å². The molecule has 1 aliphatic heterocycles. The van der Waals surface area contributed by atoms with Crippen molar-refractivity contribution in [3.8, 4) is 0 Å². The molecule has 1 aromatic rings. The smallest absolute Gasteiger partial charge is 0.316 e. The van der Waals surface area contributed by atoms with E-state index in [-0.39, 0.29) is 46.5 Å². The quantitative estimate of drug-likeness (QED) is 0.315. The number of nitrogens with two attached hydrogens (primary N) is 1. The maximum absolute atomic E-state index is 12.4. The predicted molar refractivity (Wildman–Crippen MR) is 103 cm³/mol. The standard InChI is InChI=1S/C18H23N3O6S/c1-11-4-3-5-12(2)20(11)16(22)9-27-17(23)10-28-15-7-6-13(18(19)24)8-14(15)21(25)26/h6-8,11-12H,3-5,9-10H2,1-2H3,(H2,19,24)/t11-,12-/m1/s1. The monoisotopic (exact) mass is 409 g/mol. The van der Waals surface area contributed by atoms with Crippen molar-refractivity contribution < 1.29 is 24.0 Å². The molecule has 9 nitrogen and oxygen atoms in total. The number of hydrogen-bond acceptors (Lipinski definition) is 7. The zero-order valence-corrected chi connectivity index (χ0v) is 16.6. The van der Waals surface area contributed by atoms with Crippen LogP contribution >= 0.6 is 11.8 Å². The van der Waals surface area contributed by atoms with E-state index in [2.05, 4.69) is 0 Å². The van der Waals surface area contributed by atoms with Crippen LogP contribution in [0.1, 0.15) is 43.5 Å². The van der Waals surface area contributed by atoms with E-state index in [9.17, 15) is 24.5 Å². The lowest BCUT2D eigenvalue weighted by Crippen LogP contribution is -2.49. The summed E-state index contributed by atoms with van der Waals surface area (Å²) in [5.74, 6) is -1.87. The zero-order chi connectivity index (χ0) is 20.8. The summed E-state index contributed by atoms with van der Waals surface area (Å²) in [4.78, 5) is 47.9. The molecule has 2 atom stereocenters. The number of primary amides is 1. The Hall–Kier alpha value is -2.62. The molecular formula is C18H23N3O6S. The van der Waals surface area contributed by atoms with Crippen molar-refractivity contribution in [2.45, 2.75) is 50.1 Å². The minimum atomic E-state index is -0.779. The Labute approximate surface area is 166 Å². The van der Waals surface area contributed by atoms with Crippen molar-refractivity contribution in [2.24, 2.45) is 5.73 Å². The van der Waals surface area contributed by atoms with Crippen LogP contribution in [0.25, 0.3) is 0 Å². The van der Waals surface area contributed by atoms with Gasteiger partial charge in [-0.3, -0.25) is 24.5 Å². The van der Waals surface area contributed by atoms with Crippen molar-refractivity contribution >= 4 is 35.2 Å². The van der Waals surface area contributed by atoms with Gasteiger partial charge in [-0.05, 0) is 45.2 Å². The molecule has 1 aliphatic rings. The Bertz CT molecular complexity index is 775. The molecule has 28 heavy (non-hydrogen) atoms. The topological polar surface area (TPSA) is 133 Å². The van der Waals surface area contributed by atoms with Gasteiger partial charge in [-0.15, -0.1) is 11.8 Å². The summed E-state index contributed by atoms with van der Waals surface area (Å²) in [6, 6.07) is 3.99. The number of carbonyl (C=O) groups is 3. The van der Waals surface area contributed by atoms with E-state index in [0.717, 1.165) is 37.1 Å². The average Bonchev–Trinajstić information content (AvgIpc) is 2.64. The molecule has 1 aromatic carbocycles. The second-order valence-corrected chi connectivity index (χ2v) is 7.70. The third-order valence-electron chi connectivity index (χ3n) is 4.62. The molecule has 0 unspecified atom stereocenters. The molecule has 2 amide bonds. The first kappa shape index (κ1) is 21.7. The molecule has 2 rings (SSSR count). The number of esters is 1. The van der Waals surface area contributed by atoms with Crippen LogP contribution in [-0.2, 0) is 14.3 Å². The molecule has 10 heteroatoms. The summed E-state index contributed by atoms with van der Waals surface area (Å²) in [6.07, 6.45) is 2.91. The number of likely N-dealkylation sites (tertiary alicyclic amines) is 1. The average molecular weight is 409 g/mol. The van der Waals surface area contributed by atoms with Crippen molar-refractivity contribution in [3.05, 3.63) is 33.9 Å². The molecule has 1 fully saturated rings. The number of amides is 2. The van der Waals surface area contributed by atoms with Gasteiger partial charge in [0.15, 0.2) is 6.61 Å². The van der Waals surface area contributed by atoms with Gasteiger partial charge in [0.2, 0.25) is 5.91 Å². The second kappa shape index (κ2) is 9.54. The minimum Gasteiger partial charge on any atom is -0.455 e. The molecule has 1 saturated heterocycles. The Morgan fingerprint density at radius 3 is 2.50 bits per heavy atom. The van der Waals surface area contributed by atoms with E-state index in [1.807, 2.05) is 13.8 Å². The first-order valence-electron chi connectivity index (χ1n) is 8.88. The summed E-state index contributed by atoms with van der Waals surface area (Å²) >= 11 is 0.899. The Morgan fingerprint density at radius 1 is 1.29 bits per heavy atom. The number of piperidine rings is 1. The van der Waals surface area contributed by atoms with Crippen LogP contribution in [0.5, 0.6) is 0 Å². The van der Waals surface area contributed by atoms with Crippen LogP contribution in [0, 0.1) is 10.1 Å². The molecular weight excluding hydrogens is 386 g/mol. The van der Waals surface area contributed by atoms with Gasteiger partial charge < -0.3 is 15.4 Å². The lowest BCUT2D eigenvalue weighted by atomic mass is 9.97. The summed E-state index contributed by atoms with van der Waals surface area (Å²) in [5, 5.41) is 11.2. The lowest BCUT2D eigenvalue weighted by molar-refractivity contribution is -0.387. The van der Waals surface area contributed by atoms with Gasteiger partial charge in [0.25, 0.3) is 11.6 Å². The Kier molecular flexibility index (Phi) is 7.38. The largest absolute Gasteiger partial charge is 0.455 e. The van der Waals surface area contributed by atoms with Crippen molar-refractivity contribution in [1.29, 1.82) is 0 Å². The number of nitro benzene ring substituents is 1. The zero-order valence-electron chi connectivity index (χ0n) is 15.8. The second-order valence-electron chi connectivity index (χ2n) is 6.68. The molecule has 0 spiro atoms. The normalized spacial score (nSPS) is 19.1. The van der Waals surface area contributed by atoms with Crippen LogP contribution in [0.3, 0.4) is 0 Å². The predicted octanol–water partition coefficient (Wildman–Crippen LogP) is 2.12. The van der Waals surface area contributed by atoms with Gasteiger partial charge in [0.05, 0.1) is 15.6 Å². The fourth-order valence-corrected chi connectivity index (χ4v) is 4.05. The van der Waals surface area contributed by atoms with E-state index >= 15 is 0 Å². The van der Waals surface area contributed by atoms with Crippen LogP contribution in [-0.4, -0.2) is 52.1 Å². The van der Waals surface area contributed by atoms with Crippen LogP contribution in [0.15, 0.2) is 23.1 Å². The van der Waals surface area contributed by atoms with E-state index in [4.69, 9.17) is 10.5 Å². The number of benzene rings is 1. The van der Waals surface area contributed by atoms with Crippen LogP contribution < -0.4 is 5.73 Å². The van der Waals surface area contributed by atoms with Gasteiger partial charge in [-0.2, -0.15) is 0 Å². The molecule has 0 radical (unpaired) electrons. The first-order chi connectivity index (χ1) is 13.2.